The van der Waals surface area contributed by atoms with E-state index in [9.17, 15) is 0 Å². The minimum atomic E-state index is -1.82. The summed E-state index contributed by atoms with van der Waals surface area (Å²) in [5.74, 6) is -3.65. The highest BCUT2D eigenvalue weighted by Gasteiger charge is 2.04. The van der Waals surface area contributed by atoms with Gasteiger partial charge in [-0.2, -0.15) is 0 Å². The molecule has 0 radical (unpaired) electrons. The summed E-state index contributed by atoms with van der Waals surface area (Å²) in [5.41, 5.74) is 2.37. The predicted octanol–water partition coefficient (Wildman–Crippen LogP) is 3.48. The molecule has 0 spiro atoms. The van der Waals surface area contributed by atoms with Crippen LogP contribution in [0.5, 0.6) is 0 Å². The van der Waals surface area contributed by atoms with E-state index in [-0.39, 0.29) is 0 Å². The minimum absolute atomic E-state index is 0.610. The number of halogens is 2. The van der Waals surface area contributed by atoms with Gasteiger partial charge in [0.2, 0.25) is 0 Å². The van der Waals surface area contributed by atoms with E-state index in [0.29, 0.717) is 10.0 Å². The molecule has 0 heterocycles. The van der Waals surface area contributed by atoms with Crippen LogP contribution in [0.4, 0.5) is 0 Å². The molecular weight excluding hydrogens is 353 g/mol. The third-order valence-corrected chi connectivity index (χ3v) is 3.82. The first kappa shape index (κ1) is 20.0. The first-order valence-electron chi connectivity index (χ1n) is 7.05. The Morgan fingerprint density at radius 1 is 0.917 bits per heavy atom. The molecule has 3 N–H and O–H groups in total. The molecule has 0 atom stereocenters. The van der Waals surface area contributed by atoms with Gasteiger partial charge in [-0.3, -0.25) is 0 Å². The highest BCUT2D eigenvalue weighted by Crippen LogP contribution is 2.25. The lowest BCUT2D eigenvalue weighted by Crippen LogP contribution is -2.16. The van der Waals surface area contributed by atoms with E-state index in [4.69, 9.17) is 43.0 Å². The summed E-state index contributed by atoms with van der Waals surface area (Å²) in [7, 11) is 0. The number of hydrogen-bond donors (Lipinski definition) is 3. The monoisotopic (exact) mass is 369 g/mol. The summed E-state index contributed by atoms with van der Waals surface area (Å²) in [6, 6.07) is 16.1. The molecule has 0 fully saturated rings. The molecule has 2 aromatic rings. The zero-order valence-electron chi connectivity index (χ0n) is 12.7. The fraction of sp³-hybridized carbons (Fsp3) is 0.176. The molecule has 2 aromatic carbocycles. The molecule has 0 aliphatic carbocycles. The van der Waals surface area contributed by atoms with Crippen molar-refractivity contribution in [1.29, 1.82) is 0 Å². The zero-order valence-corrected chi connectivity index (χ0v) is 14.2. The Bertz CT molecular complexity index is 666. The van der Waals surface area contributed by atoms with Crippen LogP contribution in [0.25, 0.3) is 0 Å². The number of carboxylic acid groups (broad SMARTS) is 2. The highest BCUT2D eigenvalue weighted by atomic mass is 35.5. The molecule has 0 bridgehead atoms. The summed E-state index contributed by atoms with van der Waals surface area (Å²) >= 11 is 12.1. The molecule has 0 saturated carbocycles. The molecule has 2 rings (SSSR count). The zero-order chi connectivity index (χ0) is 17.9. The Labute approximate surface area is 149 Å². The van der Waals surface area contributed by atoms with Gasteiger partial charge < -0.3 is 15.5 Å². The topological polar surface area (TPSA) is 86.6 Å². The van der Waals surface area contributed by atoms with Crippen molar-refractivity contribution in [3.8, 4) is 0 Å². The largest absolute Gasteiger partial charge is 0.473 e. The molecule has 128 valence electrons. The lowest BCUT2D eigenvalue weighted by Gasteiger charge is -2.07. The molecule has 5 nitrogen and oxygen atoms in total. The maximum atomic E-state index is 9.10. The Morgan fingerprint density at radius 2 is 1.54 bits per heavy atom. The van der Waals surface area contributed by atoms with Crippen molar-refractivity contribution in [2.24, 2.45) is 0 Å². The maximum absolute atomic E-state index is 9.10. The van der Waals surface area contributed by atoms with Gasteiger partial charge in [0.05, 0.1) is 10.0 Å². The third-order valence-electron chi connectivity index (χ3n) is 2.96. The fourth-order valence-corrected chi connectivity index (χ4v) is 2.17. The van der Waals surface area contributed by atoms with E-state index < -0.39 is 11.9 Å². The fourth-order valence-electron chi connectivity index (χ4n) is 1.79. The van der Waals surface area contributed by atoms with Gasteiger partial charge in [0.25, 0.3) is 0 Å². The first-order valence-corrected chi connectivity index (χ1v) is 7.81. The number of aliphatic carboxylic acids is 2. The van der Waals surface area contributed by atoms with Gasteiger partial charge in [-0.1, -0.05) is 65.7 Å². The second-order valence-electron chi connectivity index (χ2n) is 4.74. The molecule has 0 saturated heterocycles. The summed E-state index contributed by atoms with van der Waals surface area (Å²) in [5, 5.41) is 19.4. The summed E-state index contributed by atoms with van der Waals surface area (Å²) in [6.45, 7) is 1.67. The van der Waals surface area contributed by atoms with E-state index in [2.05, 4.69) is 29.6 Å². The van der Waals surface area contributed by atoms with Crippen LogP contribution in [0, 0.1) is 0 Å². The summed E-state index contributed by atoms with van der Waals surface area (Å²) in [6.07, 6.45) is 1.01. The average molecular weight is 370 g/mol. The molecular formula is C17H17Cl2NO4. The molecule has 7 heteroatoms. The van der Waals surface area contributed by atoms with E-state index >= 15 is 0 Å². The van der Waals surface area contributed by atoms with Gasteiger partial charge in [-0.05, 0) is 30.2 Å². The maximum Gasteiger partial charge on any atom is 0.414 e. The van der Waals surface area contributed by atoms with E-state index in [1.165, 1.54) is 5.56 Å². The van der Waals surface area contributed by atoms with E-state index in [1.807, 2.05) is 18.2 Å². The molecule has 0 unspecified atom stereocenters. The van der Waals surface area contributed by atoms with Gasteiger partial charge in [0.1, 0.15) is 0 Å². The van der Waals surface area contributed by atoms with Crippen molar-refractivity contribution >= 4 is 35.1 Å². The average Bonchev–Trinajstić information content (AvgIpc) is 2.56. The van der Waals surface area contributed by atoms with Gasteiger partial charge in [-0.25, -0.2) is 9.59 Å². The SMILES string of the molecule is Clc1cccc(CNCCc2ccccc2)c1Cl.O=C(O)C(=O)O. The predicted molar refractivity (Wildman–Crippen MR) is 93.6 cm³/mol. The van der Waals surface area contributed by atoms with Crippen molar-refractivity contribution in [2.75, 3.05) is 6.54 Å². The Morgan fingerprint density at radius 3 is 2.12 bits per heavy atom. The molecule has 0 aliphatic rings. The Kier molecular flexibility index (Phi) is 8.86. The van der Waals surface area contributed by atoms with Crippen molar-refractivity contribution in [3.63, 3.8) is 0 Å². The minimum Gasteiger partial charge on any atom is -0.473 e. The second-order valence-corrected chi connectivity index (χ2v) is 5.52. The van der Waals surface area contributed by atoms with Crippen LogP contribution in [-0.2, 0) is 22.6 Å². The number of nitrogens with one attached hydrogen (secondary N) is 1. The molecule has 24 heavy (non-hydrogen) atoms. The van der Waals surface area contributed by atoms with Crippen molar-refractivity contribution in [1.82, 2.24) is 5.32 Å². The number of carbonyl (C=O) groups is 2. The Hall–Kier alpha value is -2.08. The van der Waals surface area contributed by atoms with Crippen LogP contribution in [0.15, 0.2) is 48.5 Å². The van der Waals surface area contributed by atoms with Crippen molar-refractivity contribution in [2.45, 2.75) is 13.0 Å². The van der Waals surface area contributed by atoms with Gasteiger partial charge in [0.15, 0.2) is 0 Å². The molecule has 0 aromatic heterocycles. The van der Waals surface area contributed by atoms with E-state index in [1.54, 1.807) is 6.07 Å². The first-order chi connectivity index (χ1) is 11.4. The quantitative estimate of drug-likeness (QED) is 0.554. The number of hydrogen-bond acceptors (Lipinski definition) is 3. The van der Waals surface area contributed by atoms with Crippen molar-refractivity contribution < 1.29 is 19.8 Å². The van der Waals surface area contributed by atoms with Crippen LogP contribution in [0.2, 0.25) is 10.0 Å². The van der Waals surface area contributed by atoms with Crippen molar-refractivity contribution in [3.05, 3.63) is 69.7 Å². The van der Waals surface area contributed by atoms with Gasteiger partial charge in [0, 0.05) is 6.54 Å². The third kappa shape index (κ3) is 7.46. The highest BCUT2D eigenvalue weighted by molar-refractivity contribution is 6.42. The van der Waals surface area contributed by atoms with Gasteiger partial charge in [-0.15, -0.1) is 0 Å². The second kappa shape index (κ2) is 10.6. The number of benzene rings is 2. The van der Waals surface area contributed by atoms with E-state index in [0.717, 1.165) is 25.1 Å². The van der Waals surface area contributed by atoms with Crippen LogP contribution in [0.3, 0.4) is 0 Å². The van der Waals surface area contributed by atoms with Crippen LogP contribution in [-0.4, -0.2) is 28.7 Å². The molecule has 0 amide bonds. The summed E-state index contributed by atoms with van der Waals surface area (Å²) < 4.78 is 0. The molecule has 0 aliphatic heterocycles. The van der Waals surface area contributed by atoms with Crippen LogP contribution in [0.1, 0.15) is 11.1 Å². The number of rotatable bonds is 5. The lowest BCUT2D eigenvalue weighted by molar-refractivity contribution is -0.159. The normalized spacial score (nSPS) is 9.75. The standard InChI is InChI=1S/C15H15Cl2N.C2H2O4/c16-14-8-4-7-13(15(14)17)11-18-10-9-12-5-2-1-3-6-12;3-1(4)2(5)6/h1-8,18H,9-11H2;(H,3,4)(H,5,6). The Balaban J connectivity index is 0.000000413. The van der Waals surface area contributed by atoms with Crippen LogP contribution < -0.4 is 5.32 Å². The lowest BCUT2D eigenvalue weighted by atomic mass is 10.1. The van der Waals surface area contributed by atoms with Gasteiger partial charge >= 0.3 is 11.9 Å². The smallest absolute Gasteiger partial charge is 0.414 e. The van der Waals surface area contributed by atoms with Crippen LogP contribution >= 0.6 is 23.2 Å². The summed E-state index contributed by atoms with van der Waals surface area (Å²) in [4.78, 5) is 18.2. The number of carboxylic acids is 2.